The maximum atomic E-state index is 10.6. The molecule has 110 valence electrons. The summed E-state index contributed by atoms with van der Waals surface area (Å²) in [6.07, 6.45) is 1.63. The third-order valence-electron chi connectivity index (χ3n) is 4.77. The lowest BCUT2D eigenvalue weighted by atomic mass is 9.78. The van der Waals surface area contributed by atoms with E-state index in [2.05, 4.69) is 66.8 Å². The van der Waals surface area contributed by atoms with Crippen LogP contribution < -0.4 is 5.32 Å². The van der Waals surface area contributed by atoms with Crippen LogP contribution in [0, 0.1) is 5.92 Å². The molecular formula is C19H24NO+. The molecule has 0 unspecified atom stereocenters. The number of hydrogen-bond donors (Lipinski definition) is 2. The van der Waals surface area contributed by atoms with Crippen molar-refractivity contribution in [2.24, 2.45) is 5.92 Å². The van der Waals surface area contributed by atoms with Crippen molar-refractivity contribution in [1.29, 1.82) is 0 Å². The number of hydrogen-bond acceptors (Lipinski definition) is 1. The van der Waals surface area contributed by atoms with Crippen molar-refractivity contribution >= 4 is 0 Å². The summed E-state index contributed by atoms with van der Waals surface area (Å²) in [6, 6.07) is 21.8. The smallest absolute Gasteiger partial charge is 0.117 e. The van der Waals surface area contributed by atoms with Crippen LogP contribution in [0.1, 0.15) is 43.0 Å². The van der Waals surface area contributed by atoms with Gasteiger partial charge in [-0.05, 0) is 6.42 Å². The zero-order chi connectivity index (χ0) is 14.7. The third kappa shape index (κ3) is 3.02. The van der Waals surface area contributed by atoms with Crippen LogP contribution >= 0.6 is 0 Å². The first-order valence-corrected chi connectivity index (χ1v) is 7.92. The molecule has 21 heavy (non-hydrogen) atoms. The van der Waals surface area contributed by atoms with E-state index in [0.717, 1.165) is 12.8 Å². The summed E-state index contributed by atoms with van der Waals surface area (Å²) in [5.41, 5.74) is 2.64. The van der Waals surface area contributed by atoms with Crippen molar-refractivity contribution < 1.29 is 10.4 Å². The largest absolute Gasteiger partial charge is 0.392 e. The Morgan fingerprint density at radius 3 is 2.10 bits per heavy atom. The van der Waals surface area contributed by atoms with Crippen LogP contribution in [0.15, 0.2) is 60.7 Å². The maximum Gasteiger partial charge on any atom is 0.117 e. The molecule has 1 saturated heterocycles. The molecule has 0 saturated carbocycles. The number of benzene rings is 2. The molecular weight excluding hydrogens is 258 g/mol. The SMILES string of the molecule is CC[C@H]1[C@@H](c2ccccc2)[NH2+][C@@H](c2ccccc2)C[C@@H]1O. The minimum atomic E-state index is -0.226. The Labute approximate surface area is 126 Å². The van der Waals surface area contributed by atoms with E-state index in [1.54, 1.807) is 0 Å². The first-order valence-electron chi connectivity index (χ1n) is 7.92. The van der Waals surface area contributed by atoms with Crippen molar-refractivity contribution in [3.05, 3.63) is 71.8 Å². The van der Waals surface area contributed by atoms with Crippen molar-refractivity contribution in [3.63, 3.8) is 0 Å². The summed E-state index contributed by atoms with van der Waals surface area (Å²) in [5, 5.41) is 13.1. The van der Waals surface area contributed by atoms with Gasteiger partial charge in [0.05, 0.1) is 6.10 Å². The molecule has 0 amide bonds. The van der Waals surface area contributed by atoms with Gasteiger partial charge in [0.1, 0.15) is 12.1 Å². The number of aliphatic hydroxyl groups excluding tert-OH is 1. The van der Waals surface area contributed by atoms with Gasteiger partial charge in [-0.15, -0.1) is 0 Å². The van der Waals surface area contributed by atoms with Gasteiger partial charge >= 0.3 is 0 Å². The molecule has 2 heteroatoms. The lowest BCUT2D eigenvalue weighted by Gasteiger charge is -2.38. The molecule has 1 fully saturated rings. The van der Waals surface area contributed by atoms with E-state index >= 15 is 0 Å². The molecule has 0 spiro atoms. The Morgan fingerprint density at radius 1 is 0.952 bits per heavy atom. The molecule has 0 bridgehead atoms. The van der Waals surface area contributed by atoms with Gasteiger partial charge in [0, 0.05) is 23.5 Å². The van der Waals surface area contributed by atoms with Gasteiger partial charge in [-0.25, -0.2) is 0 Å². The topological polar surface area (TPSA) is 36.8 Å². The first kappa shape index (κ1) is 14.3. The third-order valence-corrected chi connectivity index (χ3v) is 4.77. The average molecular weight is 282 g/mol. The van der Waals surface area contributed by atoms with E-state index in [4.69, 9.17) is 0 Å². The first-order chi connectivity index (χ1) is 10.3. The molecule has 3 rings (SSSR count). The van der Waals surface area contributed by atoms with E-state index in [0.29, 0.717) is 18.0 Å². The van der Waals surface area contributed by atoms with Crippen molar-refractivity contribution in [1.82, 2.24) is 0 Å². The molecule has 1 aliphatic heterocycles. The molecule has 2 nitrogen and oxygen atoms in total. The van der Waals surface area contributed by atoms with Gasteiger partial charge in [-0.2, -0.15) is 0 Å². The van der Waals surface area contributed by atoms with Crippen molar-refractivity contribution in [2.45, 2.75) is 38.0 Å². The summed E-state index contributed by atoms with van der Waals surface area (Å²) in [6.45, 7) is 2.18. The number of rotatable bonds is 3. The molecule has 0 aromatic heterocycles. The molecule has 2 aromatic rings. The van der Waals surface area contributed by atoms with Gasteiger partial charge < -0.3 is 10.4 Å². The number of aliphatic hydroxyl groups is 1. The Hall–Kier alpha value is -1.64. The van der Waals surface area contributed by atoms with E-state index < -0.39 is 0 Å². The van der Waals surface area contributed by atoms with Crippen molar-refractivity contribution in [3.8, 4) is 0 Å². The van der Waals surface area contributed by atoms with Crippen LogP contribution in [0.2, 0.25) is 0 Å². The number of quaternary nitrogens is 1. The van der Waals surface area contributed by atoms with E-state index in [1.165, 1.54) is 11.1 Å². The Bertz CT molecular complexity index is 554. The Kier molecular flexibility index (Phi) is 4.37. The zero-order valence-electron chi connectivity index (χ0n) is 12.5. The second-order valence-electron chi connectivity index (χ2n) is 6.02. The van der Waals surface area contributed by atoms with Crippen LogP contribution in [0.25, 0.3) is 0 Å². The highest BCUT2D eigenvalue weighted by Crippen LogP contribution is 2.33. The number of nitrogens with two attached hydrogens (primary N) is 1. The molecule has 0 radical (unpaired) electrons. The summed E-state index contributed by atoms with van der Waals surface area (Å²) >= 11 is 0. The van der Waals surface area contributed by atoms with Crippen LogP contribution in [0.4, 0.5) is 0 Å². The average Bonchev–Trinajstić information content (AvgIpc) is 2.55. The zero-order valence-corrected chi connectivity index (χ0v) is 12.5. The van der Waals surface area contributed by atoms with Gasteiger partial charge in [0.15, 0.2) is 0 Å². The highest BCUT2D eigenvalue weighted by molar-refractivity contribution is 5.21. The fourth-order valence-corrected chi connectivity index (χ4v) is 3.65. The normalized spacial score (nSPS) is 29.2. The molecule has 3 N–H and O–H groups in total. The lowest BCUT2D eigenvalue weighted by Crippen LogP contribution is -2.90. The van der Waals surface area contributed by atoms with E-state index in [-0.39, 0.29) is 6.10 Å². The molecule has 1 heterocycles. The van der Waals surface area contributed by atoms with Gasteiger partial charge in [-0.3, -0.25) is 0 Å². The Balaban J connectivity index is 1.89. The van der Waals surface area contributed by atoms with Crippen LogP contribution in [-0.4, -0.2) is 11.2 Å². The molecule has 1 aliphatic rings. The van der Waals surface area contributed by atoms with Crippen LogP contribution in [-0.2, 0) is 0 Å². The quantitative estimate of drug-likeness (QED) is 0.892. The van der Waals surface area contributed by atoms with E-state index in [1.807, 2.05) is 6.07 Å². The fraction of sp³-hybridized carbons (Fsp3) is 0.368. The van der Waals surface area contributed by atoms with E-state index in [9.17, 15) is 5.11 Å². The predicted octanol–water partition coefficient (Wildman–Crippen LogP) is 2.82. The molecule has 4 atom stereocenters. The predicted molar refractivity (Wildman–Crippen MR) is 84.7 cm³/mol. The van der Waals surface area contributed by atoms with Gasteiger partial charge in [0.25, 0.3) is 0 Å². The van der Waals surface area contributed by atoms with Crippen molar-refractivity contribution in [2.75, 3.05) is 0 Å². The second kappa shape index (κ2) is 6.42. The van der Waals surface area contributed by atoms with Crippen LogP contribution in [0.3, 0.4) is 0 Å². The standard InChI is InChI=1S/C19H23NO/c1-2-16-18(21)13-17(14-9-5-3-6-10-14)20-19(16)15-11-7-4-8-12-15/h3-12,16-21H,2,13H2,1H3/p+1/t16-,17-,18+,19-/m1/s1. The summed E-state index contributed by atoms with van der Waals surface area (Å²) in [7, 11) is 0. The maximum absolute atomic E-state index is 10.6. The van der Waals surface area contributed by atoms with Gasteiger partial charge in [0.2, 0.25) is 0 Å². The summed E-state index contributed by atoms with van der Waals surface area (Å²) in [5.74, 6) is 0.326. The summed E-state index contributed by atoms with van der Waals surface area (Å²) in [4.78, 5) is 0. The van der Waals surface area contributed by atoms with Crippen LogP contribution in [0.5, 0.6) is 0 Å². The highest BCUT2D eigenvalue weighted by atomic mass is 16.3. The van der Waals surface area contributed by atoms with Gasteiger partial charge in [-0.1, -0.05) is 67.6 Å². The minimum absolute atomic E-state index is 0.226. The lowest BCUT2D eigenvalue weighted by molar-refractivity contribution is -0.753. The fourth-order valence-electron chi connectivity index (χ4n) is 3.65. The second-order valence-corrected chi connectivity index (χ2v) is 6.02. The Morgan fingerprint density at radius 2 is 1.52 bits per heavy atom. The summed E-state index contributed by atoms with van der Waals surface area (Å²) < 4.78 is 0. The highest BCUT2D eigenvalue weighted by Gasteiger charge is 2.40. The minimum Gasteiger partial charge on any atom is -0.392 e. The number of piperidine rings is 1. The molecule has 0 aliphatic carbocycles. The monoisotopic (exact) mass is 282 g/mol. The molecule has 2 aromatic carbocycles.